The summed E-state index contributed by atoms with van der Waals surface area (Å²) in [7, 11) is -6.56. The van der Waals surface area contributed by atoms with Gasteiger partial charge in [-0.3, -0.25) is 0 Å². The average molecular weight is 695 g/mol. The maximum atomic E-state index is 16.2. The zero-order valence-corrected chi connectivity index (χ0v) is 30.3. The van der Waals surface area contributed by atoms with Gasteiger partial charge >= 0.3 is 0 Å². The summed E-state index contributed by atoms with van der Waals surface area (Å²) in [4.78, 5) is 0. The van der Waals surface area contributed by atoms with E-state index in [1.165, 1.54) is 5.56 Å². The Morgan fingerprint density at radius 2 is 0.843 bits per heavy atom. The molecule has 0 heterocycles. The summed E-state index contributed by atoms with van der Waals surface area (Å²) in [6.07, 6.45) is 0. The lowest BCUT2D eigenvalue weighted by atomic mass is 9.68. The Bertz CT molecular complexity index is 2620. The second kappa shape index (κ2) is 11.9. The molecule has 0 spiro atoms. The molecule has 0 N–H and O–H groups in total. The fraction of sp³-hybridized carbons (Fsp3) is 0.0638. The van der Waals surface area contributed by atoms with E-state index < -0.39 is 19.7 Å². The zero-order valence-electron chi connectivity index (χ0n) is 28.5. The van der Waals surface area contributed by atoms with Gasteiger partial charge in [0, 0.05) is 37.2 Å². The van der Waals surface area contributed by atoms with Crippen LogP contribution < -0.4 is 31.8 Å². The maximum Gasteiger partial charge on any atom is 0.172 e. The molecule has 0 unspecified atom stereocenters. The van der Waals surface area contributed by atoms with Crippen molar-refractivity contribution in [2.45, 2.75) is 19.3 Å². The molecule has 0 amide bonds. The molecule has 0 saturated heterocycles. The van der Waals surface area contributed by atoms with Gasteiger partial charge in [-0.25, -0.2) is 0 Å². The molecule has 246 valence electrons. The fourth-order valence-electron chi connectivity index (χ4n) is 8.36. The molecule has 0 aliphatic heterocycles. The van der Waals surface area contributed by atoms with Crippen LogP contribution in [0.4, 0.5) is 0 Å². The van der Waals surface area contributed by atoms with Gasteiger partial charge in [-0.1, -0.05) is 190 Å². The number of fused-ring (bicyclic) bond motifs is 4. The molecule has 9 rings (SSSR count). The summed E-state index contributed by atoms with van der Waals surface area (Å²) < 4.78 is 31.7. The van der Waals surface area contributed by atoms with Crippen LogP contribution in [0.5, 0.6) is 0 Å². The molecule has 0 saturated carbocycles. The highest BCUT2D eigenvalue weighted by molar-refractivity contribution is 7.86. The molecule has 0 bridgehead atoms. The summed E-state index contributed by atoms with van der Waals surface area (Å²) in [6, 6.07) is 61.2. The first-order valence-corrected chi connectivity index (χ1v) is 20.8. The van der Waals surface area contributed by atoms with Gasteiger partial charge in [-0.05, 0) is 49.9 Å². The third-order valence-electron chi connectivity index (χ3n) is 10.8. The lowest BCUT2D eigenvalue weighted by Crippen LogP contribution is -2.30. The summed E-state index contributed by atoms with van der Waals surface area (Å²) in [5.74, 6) is 0. The third-order valence-corrected chi connectivity index (χ3v) is 17.0. The molecule has 8 aromatic carbocycles. The quantitative estimate of drug-likeness (QED) is 0.128. The van der Waals surface area contributed by atoms with Crippen LogP contribution in [-0.2, 0) is 14.5 Å². The van der Waals surface area contributed by atoms with Crippen LogP contribution in [0, 0.1) is 0 Å². The van der Waals surface area contributed by atoms with E-state index >= 15 is 9.13 Å². The van der Waals surface area contributed by atoms with E-state index in [9.17, 15) is 0 Å². The molecule has 1 aliphatic carbocycles. The summed E-state index contributed by atoms with van der Waals surface area (Å²) in [5, 5.41) is 9.18. The maximum absolute atomic E-state index is 16.2. The van der Waals surface area contributed by atoms with E-state index in [1.807, 2.05) is 121 Å². The molecule has 0 atom stereocenters. The Hall–Kier alpha value is -5.26. The van der Waals surface area contributed by atoms with Crippen LogP contribution in [0.2, 0.25) is 0 Å². The predicted octanol–water partition coefficient (Wildman–Crippen LogP) is 9.58. The molecule has 1 aliphatic rings. The lowest BCUT2D eigenvalue weighted by molar-refractivity contribution is 0.591. The van der Waals surface area contributed by atoms with Crippen LogP contribution in [-0.4, -0.2) is 0 Å². The molecule has 0 radical (unpaired) electrons. The monoisotopic (exact) mass is 694 g/mol. The average Bonchev–Trinajstić information content (AvgIpc) is 3.20. The van der Waals surface area contributed by atoms with E-state index in [1.54, 1.807) is 0 Å². The highest BCUT2D eigenvalue weighted by Gasteiger charge is 2.40. The minimum atomic E-state index is -3.35. The van der Waals surface area contributed by atoms with Crippen LogP contribution in [0.3, 0.4) is 0 Å². The van der Waals surface area contributed by atoms with Gasteiger partial charge in [0.1, 0.15) is 0 Å². The van der Waals surface area contributed by atoms with Crippen molar-refractivity contribution < 1.29 is 9.13 Å². The summed E-state index contributed by atoms with van der Waals surface area (Å²) in [6.45, 7) is 4.54. The van der Waals surface area contributed by atoms with Crippen LogP contribution in [0.25, 0.3) is 32.7 Å². The highest BCUT2D eigenvalue weighted by atomic mass is 31.2. The molecule has 0 fully saturated rings. The number of rotatable bonds is 6. The smallest absolute Gasteiger partial charge is 0.172 e. The largest absolute Gasteiger partial charge is 0.309 e. The molecule has 51 heavy (non-hydrogen) atoms. The number of benzene rings is 8. The Morgan fingerprint density at radius 1 is 0.392 bits per heavy atom. The van der Waals surface area contributed by atoms with Gasteiger partial charge in [0.2, 0.25) is 0 Å². The van der Waals surface area contributed by atoms with Crippen molar-refractivity contribution in [3.05, 3.63) is 193 Å². The van der Waals surface area contributed by atoms with E-state index in [4.69, 9.17) is 0 Å². The molecular formula is C47H36O2P2. The second-order valence-electron chi connectivity index (χ2n) is 13.9. The van der Waals surface area contributed by atoms with Gasteiger partial charge in [-0.15, -0.1) is 0 Å². The fourth-order valence-corrected chi connectivity index (χ4v) is 14.1. The van der Waals surface area contributed by atoms with E-state index in [0.717, 1.165) is 70.1 Å². The number of hydrogen-bond donors (Lipinski definition) is 0. The molecule has 8 aromatic rings. The minimum Gasteiger partial charge on any atom is -0.309 e. The van der Waals surface area contributed by atoms with Gasteiger partial charge in [0.05, 0.1) is 0 Å². The van der Waals surface area contributed by atoms with Gasteiger partial charge in [-0.2, -0.15) is 0 Å². The van der Waals surface area contributed by atoms with Crippen LogP contribution >= 0.6 is 14.3 Å². The Balaban J connectivity index is 1.39. The summed E-state index contributed by atoms with van der Waals surface area (Å²) in [5.41, 5.74) is 4.13. The molecule has 2 nitrogen and oxygen atoms in total. The van der Waals surface area contributed by atoms with Crippen molar-refractivity contribution in [2.75, 3.05) is 0 Å². The van der Waals surface area contributed by atoms with E-state index in [-0.39, 0.29) is 0 Å². The van der Waals surface area contributed by atoms with Crippen molar-refractivity contribution in [3.8, 4) is 11.1 Å². The Morgan fingerprint density at radius 3 is 1.37 bits per heavy atom. The van der Waals surface area contributed by atoms with E-state index in [2.05, 4.69) is 74.5 Å². The Kier molecular flexibility index (Phi) is 7.41. The Labute approximate surface area is 299 Å². The SMILES string of the molecule is CC1(C)c2cc(P(=O)(c3ccccc3)c3ccccc3)ccc2-c2c3ccccc3c(P(=O)(c3ccccc3)c3ccccc3)c3cccc1c23. The normalized spacial score (nSPS) is 13.6. The van der Waals surface area contributed by atoms with Gasteiger partial charge < -0.3 is 9.13 Å². The first-order chi connectivity index (χ1) is 24.8. The standard InChI is InChI=1S/C47H36O2P2/c1-47(2)42-29-17-28-41-45(42)44(40-31-30-37(32-43(40)47)50(48,33-18-7-3-8-19-33)34-20-9-4-10-21-34)38-26-15-16-27-39(38)46(41)51(49,35-22-11-5-12-23-35)36-24-13-6-14-25-36/h3-32H,1-2H3. The van der Waals surface area contributed by atoms with Crippen molar-refractivity contribution in [2.24, 2.45) is 0 Å². The molecule has 4 heteroatoms. The van der Waals surface area contributed by atoms with Gasteiger partial charge in [0.15, 0.2) is 14.3 Å². The predicted molar refractivity (Wildman–Crippen MR) is 218 cm³/mol. The first kappa shape index (κ1) is 31.7. The highest BCUT2D eigenvalue weighted by Crippen LogP contribution is 2.55. The molecular weight excluding hydrogens is 658 g/mol. The van der Waals surface area contributed by atoms with Crippen LogP contribution in [0.15, 0.2) is 182 Å². The summed E-state index contributed by atoms with van der Waals surface area (Å²) >= 11 is 0. The van der Waals surface area contributed by atoms with Crippen LogP contribution in [0.1, 0.15) is 25.0 Å². The zero-order chi connectivity index (χ0) is 34.8. The number of hydrogen-bond acceptors (Lipinski definition) is 2. The second-order valence-corrected chi connectivity index (χ2v) is 19.4. The van der Waals surface area contributed by atoms with Crippen molar-refractivity contribution in [1.82, 2.24) is 0 Å². The van der Waals surface area contributed by atoms with Gasteiger partial charge in [0.25, 0.3) is 0 Å². The van der Waals surface area contributed by atoms with Crippen molar-refractivity contribution >= 4 is 67.7 Å². The molecule has 0 aromatic heterocycles. The van der Waals surface area contributed by atoms with E-state index in [0.29, 0.717) is 0 Å². The lowest BCUT2D eigenvalue weighted by Gasteiger charge is -2.37. The van der Waals surface area contributed by atoms with Crippen molar-refractivity contribution in [1.29, 1.82) is 0 Å². The van der Waals surface area contributed by atoms with Crippen molar-refractivity contribution in [3.63, 3.8) is 0 Å². The third kappa shape index (κ3) is 4.64. The topological polar surface area (TPSA) is 34.1 Å². The minimum absolute atomic E-state index is 0.445. The first-order valence-electron chi connectivity index (χ1n) is 17.4.